The quantitative estimate of drug-likeness (QED) is 0.844. The van der Waals surface area contributed by atoms with Gasteiger partial charge in [-0.05, 0) is 40.2 Å². The number of carbonyl (C=O) groups is 1. The molecule has 88 valence electrons. The highest BCUT2D eigenvalue weighted by atomic mass is 79.9. The van der Waals surface area contributed by atoms with E-state index in [9.17, 15) is 13.6 Å². The molecule has 2 rings (SSSR count). The van der Waals surface area contributed by atoms with E-state index in [-0.39, 0.29) is 14.9 Å². The zero-order valence-electron chi connectivity index (χ0n) is 8.21. The van der Waals surface area contributed by atoms with Gasteiger partial charge in [0.2, 0.25) is 0 Å². The van der Waals surface area contributed by atoms with Gasteiger partial charge in [0, 0.05) is 10.4 Å². The summed E-state index contributed by atoms with van der Waals surface area (Å²) < 4.78 is 26.9. The third-order valence-electron chi connectivity index (χ3n) is 2.09. The summed E-state index contributed by atoms with van der Waals surface area (Å²) in [5.41, 5.74) is 0.0585. The van der Waals surface area contributed by atoms with Crippen LogP contribution < -0.4 is 0 Å². The van der Waals surface area contributed by atoms with Crippen molar-refractivity contribution in [2.24, 2.45) is 0 Å². The van der Waals surface area contributed by atoms with Crippen LogP contribution in [0.3, 0.4) is 0 Å². The molecule has 0 spiro atoms. The Balaban J connectivity index is 2.52. The number of hydrogen-bond acceptors (Lipinski definition) is 2. The van der Waals surface area contributed by atoms with Crippen molar-refractivity contribution in [2.45, 2.75) is 0 Å². The maximum atomic E-state index is 13.6. The Morgan fingerprint density at radius 1 is 1.24 bits per heavy atom. The maximum absolute atomic E-state index is 13.6. The van der Waals surface area contributed by atoms with Gasteiger partial charge in [-0.15, -0.1) is 11.3 Å². The average Bonchev–Trinajstić information content (AvgIpc) is 2.72. The van der Waals surface area contributed by atoms with Crippen LogP contribution in [0, 0.1) is 11.6 Å². The summed E-state index contributed by atoms with van der Waals surface area (Å²) in [6.45, 7) is 0. The number of benzene rings is 1. The Bertz CT molecular complexity index is 595. The van der Waals surface area contributed by atoms with E-state index in [4.69, 9.17) is 5.11 Å². The van der Waals surface area contributed by atoms with Crippen LogP contribution in [0.5, 0.6) is 0 Å². The first kappa shape index (κ1) is 12.2. The van der Waals surface area contributed by atoms with E-state index in [0.29, 0.717) is 4.88 Å². The molecule has 2 aromatic rings. The van der Waals surface area contributed by atoms with Gasteiger partial charge in [-0.2, -0.15) is 0 Å². The largest absolute Gasteiger partial charge is 0.477 e. The van der Waals surface area contributed by atoms with E-state index >= 15 is 0 Å². The molecule has 0 aliphatic heterocycles. The molecule has 6 heteroatoms. The van der Waals surface area contributed by atoms with Crippen LogP contribution in [0.15, 0.2) is 28.7 Å². The van der Waals surface area contributed by atoms with Gasteiger partial charge < -0.3 is 5.11 Å². The first-order chi connectivity index (χ1) is 7.99. The lowest BCUT2D eigenvalue weighted by Crippen LogP contribution is -1.89. The number of carboxylic acids is 1. The average molecular weight is 319 g/mol. The molecular formula is C11H5BrF2O2S. The molecule has 0 atom stereocenters. The van der Waals surface area contributed by atoms with Gasteiger partial charge >= 0.3 is 5.97 Å². The third-order valence-corrected chi connectivity index (χ3v) is 3.81. The lowest BCUT2D eigenvalue weighted by Gasteiger charge is -2.02. The number of thiophene rings is 1. The molecule has 17 heavy (non-hydrogen) atoms. The Hall–Kier alpha value is -1.27. The summed E-state index contributed by atoms with van der Waals surface area (Å²) in [4.78, 5) is 11.2. The number of halogens is 3. The molecule has 1 aromatic heterocycles. The van der Waals surface area contributed by atoms with E-state index in [1.54, 1.807) is 0 Å². The van der Waals surface area contributed by atoms with Crippen LogP contribution in [-0.4, -0.2) is 11.1 Å². The fraction of sp³-hybridized carbons (Fsp3) is 0. The van der Waals surface area contributed by atoms with Crippen LogP contribution in [0.2, 0.25) is 0 Å². The van der Waals surface area contributed by atoms with Crippen molar-refractivity contribution in [1.82, 2.24) is 0 Å². The van der Waals surface area contributed by atoms with E-state index in [1.165, 1.54) is 12.1 Å². The summed E-state index contributed by atoms with van der Waals surface area (Å²) in [5, 5.41) is 8.75. The standard InChI is InChI=1S/C11H5BrF2O2S/c12-6-4-7(13)5(3-8(6)14)9-1-2-10(17-9)11(15)16/h1-4H,(H,15,16). The molecule has 0 radical (unpaired) electrons. The summed E-state index contributed by atoms with van der Waals surface area (Å²) in [6.07, 6.45) is 0. The predicted octanol–water partition coefficient (Wildman–Crippen LogP) is 4.15. The summed E-state index contributed by atoms with van der Waals surface area (Å²) in [7, 11) is 0. The summed E-state index contributed by atoms with van der Waals surface area (Å²) in [5.74, 6) is -2.28. The van der Waals surface area contributed by atoms with Crippen LogP contribution in [0.1, 0.15) is 9.67 Å². The molecule has 0 aliphatic rings. The van der Waals surface area contributed by atoms with Crippen molar-refractivity contribution in [3.63, 3.8) is 0 Å². The Morgan fingerprint density at radius 2 is 1.94 bits per heavy atom. The topological polar surface area (TPSA) is 37.3 Å². The highest BCUT2D eigenvalue weighted by Gasteiger charge is 2.14. The molecule has 0 saturated heterocycles. The highest BCUT2D eigenvalue weighted by Crippen LogP contribution is 2.32. The second kappa shape index (κ2) is 4.54. The summed E-state index contributed by atoms with van der Waals surface area (Å²) in [6, 6.07) is 4.88. The monoisotopic (exact) mass is 318 g/mol. The fourth-order valence-electron chi connectivity index (χ4n) is 1.31. The van der Waals surface area contributed by atoms with Crippen LogP contribution in [0.25, 0.3) is 10.4 Å². The minimum atomic E-state index is -1.08. The van der Waals surface area contributed by atoms with Crippen molar-refractivity contribution in [2.75, 3.05) is 0 Å². The van der Waals surface area contributed by atoms with Crippen molar-refractivity contribution < 1.29 is 18.7 Å². The zero-order chi connectivity index (χ0) is 12.6. The first-order valence-corrected chi connectivity index (χ1v) is 6.08. The van der Waals surface area contributed by atoms with Crippen LogP contribution >= 0.6 is 27.3 Å². The molecule has 0 saturated carbocycles. The second-order valence-electron chi connectivity index (χ2n) is 3.22. The molecule has 0 fully saturated rings. The van der Waals surface area contributed by atoms with Gasteiger partial charge in [0.1, 0.15) is 16.5 Å². The van der Waals surface area contributed by atoms with Crippen molar-refractivity contribution in [3.05, 3.63) is 45.2 Å². The van der Waals surface area contributed by atoms with Gasteiger partial charge in [0.25, 0.3) is 0 Å². The van der Waals surface area contributed by atoms with E-state index in [1.807, 2.05) is 0 Å². The molecule has 0 aliphatic carbocycles. The molecule has 1 heterocycles. The molecule has 0 unspecified atom stereocenters. The van der Waals surface area contributed by atoms with Gasteiger partial charge in [-0.25, -0.2) is 13.6 Å². The van der Waals surface area contributed by atoms with E-state index in [2.05, 4.69) is 15.9 Å². The minimum absolute atomic E-state index is 0.0359. The van der Waals surface area contributed by atoms with Crippen LogP contribution in [0.4, 0.5) is 8.78 Å². The molecule has 2 nitrogen and oxygen atoms in total. The Labute approximate surface area is 108 Å². The van der Waals surface area contributed by atoms with Crippen molar-refractivity contribution >= 4 is 33.2 Å². The number of carboxylic acid groups (broad SMARTS) is 1. The molecular weight excluding hydrogens is 314 g/mol. The number of rotatable bonds is 2. The lowest BCUT2D eigenvalue weighted by atomic mass is 10.2. The van der Waals surface area contributed by atoms with Crippen LogP contribution in [-0.2, 0) is 0 Å². The third kappa shape index (κ3) is 2.37. The zero-order valence-corrected chi connectivity index (χ0v) is 10.6. The highest BCUT2D eigenvalue weighted by molar-refractivity contribution is 9.10. The molecule has 0 amide bonds. The molecule has 1 aromatic carbocycles. The van der Waals surface area contributed by atoms with E-state index < -0.39 is 17.6 Å². The van der Waals surface area contributed by atoms with E-state index in [0.717, 1.165) is 23.5 Å². The first-order valence-electron chi connectivity index (χ1n) is 4.47. The smallest absolute Gasteiger partial charge is 0.345 e. The normalized spacial score (nSPS) is 10.5. The van der Waals surface area contributed by atoms with Gasteiger partial charge in [0.15, 0.2) is 0 Å². The molecule has 0 bridgehead atoms. The van der Waals surface area contributed by atoms with Gasteiger partial charge in [0.05, 0.1) is 4.47 Å². The van der Waals surface area contributed by atoms with Crippen molar-refractivity contribution in [1.29, 1.82) is 0 Å². The fourth-order valence-corrected chi connectivity index (χ4v) is 2.49. The molecule has 1 N–H and O–H groups in total. The van der Waals surface area contributed by atoms with Gasteiger partial charge in [-0.1, -0.05) is 0 Å². The second-order valence-corrected chi connectivity index (χ2v) is 5.15. The van der Waals surface area contributed by atoms with Gasteiger partial charge in [-0.3, -0.25) is 0 Å². The maximum Gasteiger partial charge on any atom is 0.345 e. The minimum Gasteiger partial charge on any atom is -0.477 e. The Morgan fingerprint density at radius 3 is 2.53 bits per heavy atom. The lowest BCUT2D eigenvalue weighted by molar-refractivity contribution is 0.0702. The number of hydrogen-bond donors (Lipinski definition) is 1. The Kier molecular flexibility index (Phi) is 3.26. The summed E-state index contributed by atoms with van der Waals surface area (Å²) >= 11 is 3.78. The SMILES string of the molecule is O=C(O)c1ccc(-c2cc(F)c(Br)cc2F)s1. The predicted molar refractivity (Wildman–Crippen MR) is 64.3 cm³/mol. The van der Waals surface area contributed by atoms with Crippen molar-refractivity contribution in [3.8, 4) is 10.4 Å². The number of aromatic carboxylic acids is 1.